The van der Waals surface area contributed by atoms with Crippen molar-refractivity contribution < 1.29 is 14.3 Å². The van der Waals surface area contributed by atoms with Crippen molar-refractivity contribution in [3.63, 3.8) is 0 Å². The Kier molecular flexibility index (Phi) is 5.79. The van der Waals surface area contributed by atoms with E-state index in [-0.39, 0.29) is 11.9 Å². The van der Waals surface area contributed by atoms with Crippen LogP contribution in [0.1, 0.15) is 26.7 Å². The number of nitrogens with one attached hydrogen (secondary N) is 1. The average Bonchev–Trinajstić information content (AvgIpc) is 3.56. The molecule has 0 spiro atoms. The predicted molar refractivity (Wildman–Crippen MR) is 132 cm³/mol. The number of hydrogen-bond acceptors (Lipinski definition) is 6. The molecule has 5 rings (SSSR count). The molecule has 0 unspecified atom stereocenters. The van der Waals surface area contributed by atoms with Crippen LogP contribution in [-0.4, -0.2) is 26.7 Å². The van der Waals surface area contributed by atoms with E-state index in [1.165, 1.54) is 19.0 Å². The van der Waals surface area contributed by atoms with Crippen molar-refractivity contribution in [3.05, 3.63) is 60.9 Å². The highest BCUT2D eigenvalue weighted by Crippen LogP contribution is 2.37. The molecule has 1 saturated carbocycles. The number of carbonyl (C=O) groups is 1. The summed E-state index contributed by atoms with van der Waals surface area (Å²) >= 11 is 0. The summed E-state index contributed by atoms with van der Waals surface area (Å²) in [6.07, 6.45) is 4.95. The Hall–Kier alpha value is -4.07. The first kappa shape index (κ1) is 21.8. The Morgan fingerprint density at radius 3 is 2.59 bits per heavy atom. The number of anilines is 2. The van der Waals surface area contributed by atoms with Crippen LogP contribution >= 0.6 is 0 Å². The molecule has 2 aromatic heterocycles. The number of nitrogen functional groups attached to an aromatic ring is 1. The first-order chi connectivity index (χ1) is 16.5. The standard InChI is InChI=1S/C26H27N5O3/c1-16(2)33-26(32)30-20-8-5-18(6-9-20)22-13-19-7-10-21(34-25-24(27)28-11-12-29-25)14-23(19)31(22)15-17-3-4-17/h5-14,16-17H,3-4,15H2,1-2H3,(H2,27,28)(H,30,32). The number of amides is 1. The summed E-state index contributed by atoms with van der Waals surface area (Å²) in [5, 5.41) is 3.89. The lowest BCUT2D eigenvalue weighted by atomic mass is 10.1. The highest BCUT2D eigenvalue weighted by Gasteiger charge is 2.24. The molecule has 34 heavy (non-hydrogen) atoms. The van der Waals surface area contributed by atoms with Gasteiger partial charge in [0.2, 0.25) is 0 Å². The number of nitrogens with zero attached hydrogens (tertiary/aromatic N) is 3. The van der Waals surface area contributed by atoms with E-state index < -0.39 is 6.09 Å². The molecule has 1 aliphatic rings. The Bertz CT molecular complexity index is 1330. The minimum Gasteiger partial charge on any atom is -0.447 e. The average molecular weight is 458 g/mol. The van der Waals surface area contributed by atoms with Crippen LogP contribution in [0.4, 0.5) is 16.3 Å². The highest BCUT2D eigenvalue weighted by atomic mass is 16.6. The predicted octanol–water partition coefficient (Wildman–Crippen LogP) is 5.84. The number of rotatable bonds is 7. The summed E-state index contributed by atoms with van der Waals surface area (Å²) < 4.78 is 13.4. The zero-order valence-corrected chi connectivity index (χ0v) is 19.2. The maximum atomic E-state index is 11.9. The van der Waals surface area contributed by atoms with Gasteiger partial charge in [-0.1, -0.05) is 12.1 Å². The quantitative estimate of drug-likeness (QED) is 0.361. The van der Waals surface area contributed by atoms with Crippen molar-refractivity contribution in [1.29, 1.82) is 0 Å². The molecule has 8 heteroatoms. The third kappa shape index (κ3) is 4.80. The van der Waals surface area contributed by atoms with Crippen LogP contribution in [0.25, 0.3) is 22.2 Å². The lowest BCUT2D eigenvalue weighted by Gasteiger charge is -2.13. The van der Waals surface area contributed by atoms with Crippen LogP contribution in [0.5, 0.6) is 11.6 Å². The van der Waals surface area contributed by atoms with Gasteiger partial charge in [0.25, 0.3) is 5.88 Å². The topological polar surface area (TPSA) is 104 Å². The second-order valence-electron chi connectivity index (χ2n) is 8.81. The molecule has 1 aliphatic carbocycles. The second kappa shape index (κ2) is 9.05. The van der Waals surface area contributed by atoms with Gasteiger partial charge in [0.1, 0.15) is 5.75 Å². The summed E-state index contributed by atoms with van der Waals surface area (Å²) in [7, 11) is 0. The number of fused-ring (bicyclic) bond motifs is 1. The Morgan fingerprint density at radius 1 is 1.12 bits per heavy atom. The lowest BCUT2D eigenvalue weighted by molar-refractivity contribution is 0.130. The molecule has 1 fully saturated rings. The molecule has 0 aliphatic heterocycles. The number of carbonyl (C=O) groups excluding carboxylic acids is 1. The van der Waals surface area contributed by atoms with E-state index in [1.54, 1.807) is 6.20 Å². The Balaban J connectivity index is 1.46. The van der Waals surface area contributed by atoms with E-state index in [4.69, 9.17) is 15.2 Å². The van der Waals surface area contributed by atoms with Crippen molar-refractivity contribution in [3.8, 4) is 22.9 Å². The van der Waals surface area contributed by atoms with Crippen molar-refractivity contribution in [2.45, 2.75) is 39.3 Å². The molecule has 2 aromatic carbocycles. The van der Waals surface area contributed by atoms with Gasteiger partial charge in [-0.05, 0) is 68.5 Å². The van der Waals surface area contributed by atoms with E-state index in [1.807, 2.05) is 56.3 Å². The van der Waals surface area contributed by atoms with Gasteiger partial charge in [-0.2, -0.15) is 0 Å². The monoisotopic (exact) mass is 457 g/mol. The molecule has 2 heterocycles. The largest absolute Gasteiger partial charge is 0.447 e. The first-order valence-electron chi connectivity index (χ1n) is 11.4. The Morgan fingerprint density at radius 2 is 1.88 bits per heavy atom. The van der Waals surface area contributed by atoms with Gasteiger partial charge in [0.15, 0.2) is 5.82 Å². The fourth-order valence-electron chi connectivity index (χ4n) is 3.90. The van der Waals surface area contributed by atoms with Gasteiger partial charge in [-0.15, -0.1) is 0 Å². The summed E-state index contributed by atoms with van der Waals surface area (Å²) in [5.41, 5.74) is 9.86. The molecule has 0 atom stereocenters. The molecule has 8 nitrogen and oxygen atoms in total. The number of nitrogens with two attached hydrogens (primary N) is 1. The number of hydrogen-bond donors (Lipinski definition) is 2. The van der Waals surface area contributed by atoms with E-state index in [9.17, 15) is 4.79 Å². The van der Waals surface area contributed by atoms with Gasteiger partial charge >= 0.3 is 6.09 Å². The fraction of sp³-hybridized carbons (Fsp3) is 0.269. The van der Waals surface area contributed by atoms with Crippen LogP contribution in [-0.2, 0) is 11.3 Å². The maximum Gasteiger partial charge on any atom is 0.411 e. The molecule has 174 valence electrons. The third-order valence-electron chi connectivity index (χ3n) is 5.69. The summed E-state index contributed by atoms with van der Waals surface area (Å²) in [5.74, 6) is 1.88. The highest BCUT2D eigenvalue weighted by molar-refractivity contribution is 5.89. The summed E-state index contributed by atoms with van der Waals surface area (Å²) in [4.78, 5) is 20.1. The third-order valence-corrected chi connectivity index (χ3v) is 5.69. The first-order valence-corrected chi connectivity index (χ1v) is 11.4. The molecular weight excluding hydrogens is 430 g/mol. The van der Waals surface area contributed by atoms with E-state index in [0.717, 1.165) is 28.7 Å². The second-order valence-corrected chi connectivity index (χ2v) is 8.81. The van der Waals surface area contributed by atoms with Gasteiger partial charge in [-0.25, -0.2) is 14.8 Å². The molecule has 0 bridgehead atoms. The van der Waals surface area contributed by atoms with Gasteiger partial charge in [-0.3, -0.25) is 5.32 Å². The molecule has 3 N–H and O–H groups in total. The van der Waals surface area contributed by atoms with Crippen molar-refractivity contribution in [1.82, 2.24) is 14.5 Å². The molecule has 0 radical (unpaired) electrons. The summed E-state index contributed by atoms with van der Waals surface area (Å²) in [6.45, 7) is 4.58. The van der Waals surface area contributed by atoms with Gasteiger partial charge < -0.3 is 19.8 Å². The lowest BCUT2D eigenvalue weighted by Crippen LogP contribution is -2.17. The van der Waals surface area contributed by atoms with Gasteiger partial charge in [0, 0.05) is 41.8 Å². The van der Waals surface area contributed by atoms with Crippen molar-refractivity contribution >= 4 is 28.5 Å². The molecular formula is C26H27N5O3. The van der Waals surface area contributed by atoms with Crippen LogP contribution in [0.3, 0.4) is 0 Å². The number of ether oxygens (including phenoxy) is 2. The SMILES string of the molecule is CC(C)OC(=O)Nc1ccc(-c2cc3ccc(Oc4nccnc4N)cc3n2CC2CC2)cc1. The zero-order valence-electron chi connectivity index (χ0n) is 19.2. The van der Waals surface area contributed by atoms with Crippen molar-refractivity contribution in [2.75, 3.05) is 11.1 Å². The maximum absolute atomic E-state index is 11.9. The minimum atomic E-state index is -0.457. The van der Waals surface area contributed by atoms with Crippen LogP contribution < -0.4 is 15.8 Å². The summed E-state index contributed by atoms with van der Waals surface area (Å²) in [6, 6.07) is 16.0. The molecule has 4 aromatic rings. The van der Waals surface area contributed by atoms with Crippen LogP contribution in [0.15, 0.2) is 60.9 Å². The van der Waals surface area contributed by atoms with Crippen LogP contribution in [0.2, 0.25) is 0 Å². The fourth-order valence-corrected chi connectivity index (χ4v) is 3.90. The Labute approximate surface area is 197 Å². The van der Waals surface area contributed by atoms with E-state index >= 15 is 0 Å². The molecule has 1 amide bonds. The normalized spacial score (nSPS) is 13.3. The van der Waals surface area contributed by atoms with Gasteiger partial charge in [0.05, 0.1) is 11.6 Å². The van der Waals surface area contributed by atoms with E-state index in [0.29, 0.717) is 23.2 Å². The zero-order chi connectivity index (χ0) is 23.7. The van der Waals surface area contributed by atoms with E-state index in [2.05, 4.69) is 25.9 Å². The smallest absolute Gasteiger partial charge is 0.411 e. The number of benzene rings is 2. The molecule has 0 saturated heterocycles. The minimum absolute atomic E-state index is 0.170. The number of aromatic nitrogens is 3. The van der Waals surface area contributed by atoms with Crippen molar-refractivity contribution in [2.24, 2.45) is 5.92 Å². The van der Waals surface area contributed by atoms with Crippen LogP contribution in [0, 0.1) is 5.92 Å².